The van der Waals surface area contributed by atoms with Gasteiger partial charge in [-0.15, -0.1) is 0 Å². The van der Waals surface area contributed by atoms with Gasteiger partial charge in [-0.05, 0) is 13.8 Å². The standard InChI is InChI=1S/C65H48GeN4/c1-45-39-46(2)41-52(40-45)51-35-37-58-57-33-18-19-34-60(57)70(62(58)44-51)61-38-36-50(43-59(61)65-68-63(47-21-8-3-9-22-47)67-64(69-65)48-23-10-4-11-24-48)49-25-20-32-56(42-49)66(53-26-12-5-13-27-53,54-28-14-6-15-29-54)55-30-16-7-17-31-55/h3-44H,1-2H3. The van der Waals surface area contributed by atoms with Crippen molar-refractivity contribution in [3.63, 3.8) is 0 Å². The molecule has 5 heteroatoms. The van der Waals surface area contributed by atoms with E-state index in [1.807, 2.05) is 36.4 Å². The van der Waals surface area contributed by atoms with E-state index in [2.05, 4.69) is 237 Å². The molecule has 2 heterocycles. The Balaban J connectivity index is 1.14. The minimum Gasteiger partial charge on any atom is -0.0514 e. The van der Waals surface area contributed by atoms with E-state index in [0.29, 0.717) is 17.5 Å². The molecule has 332 valence electrons. The van der Waals surface area contributed by atoms with Gasteiger partial charge in [-0.1, -0.05) is 41.5 Å². The molecule has 10 aromatic carbocycles. The molecule has 0 spiro atoms. The van der Waals surface area contributed by atoms with E-state index < -0.39 is 13.3 Å². The predicted octanol–water partition coefficient (Wildman–Crippen LogP) is 13.3. The number of para-hydroxylation sites is 1. The van der Waals surface area contributed by atoms with Crippen LogP contribution >= 0.6 is 0 Å². The molecule has 0 fully saturated rings. The number of fused-ring (bicyclic) bond motifs is 3. The Labute approximate surface area is 411 Å². The van der Waals surface area contributed by atoms with Crippen LogP contribution < -0.4 is 17.6 Å². The number of hydrogen-bond donors (Lipinski definition) is 0. The summed E-state index contributed by atoms with van der Waals surface area (Å²) in [6, 6.07) is 92.7. The van der Waals surface area contributed by atoms with Crippen molar-refractivity contribution in [3.8, 4) is 62.1 Å². The summed E-state index contributed by atoms with van der Waals surface area (Å²) in [4.78, 5) is 15.9. The van der Waals surface area contributed by atoms with Gasteiger partial charge in [-0.2, -0.15) is 0 Å². The first kappa shape index (κ1) is 42.9. The average molecular weight is 958 g/mol. The molecule has 0 aliphatic heterocycles. The number of rotatable bonds is 10. The molecule has 0 radical (unpaired) electrons. The zero-order chi connectivity index (χ0) is 47.0. The Morgan fingerprint density at radius 3 is 1.33 bits per heavy atom. The second kappa shape index (κ2) is 18.2. The van der Waals surface area contributed by atoms with Crippen LogP contribution in [-0.4, -0.2) is 32.8 Å². The van der Waals surface area contributed by atoms with Gasteiger partial charge in [0, 0.05) is 0 Å². The van der Waals surface area contributed by atoms with Crippen molar-refractivity contribution in [1.29, 1.82) is 0 Å². The molecule has 12 rings (SSSR count). The van der Waals surface area contributed by atoms with Gasteiger partial charge in [-0.25, -0.2) is 0 Å². The molecule has 2 aromatic heterocycles. The molecule has 0 unspecified atom stereocenters. The van der Waals surface area contributed by atoms with Gasteiger partial charge >= 0.3 is 359 Å². The van der Waals surface area contributed by atoms with Crippen molar-refractivity contribution >= 4 is 52.7 Å². The van der Waals surface area contributed by atoms with Crippen molar-refractivity contribution in [2.24, 2.45) is 0 Å². The van der Waals surface area contributed by atoms with Crippen LogP contribution in [-0.2, 0) is 0 Å². The Morgan fingerprint density at radius 1 is 0.300 bits per heavy atom. The van der Waals surface area contributed by atoms with Gasteiger partial charge in [0.2, 0.25) is 0 Å². The largest absolute Gasteiger partial charge is 0.0514 e. The molecule has 4 nitrogen and oxygen atoms in total. The third-order valence-electron chi connectivity index (χ3n) is 13.7. The molecular weight excluding hydrogens is 909 g/mol. The van der Waals surface area contributed by atoms with E-state index in [9.17, 15) is 0 Å². The zero-order valence-corrected chi connectivity index (χ0v) is 41.1. The summed E-state index contributed by atoms with van der Waals surface area (Å²) in [5.74, 6) is 1.84. The van der Waals surface area contributed by atoms with Gasteiger partial charge < -0.3 is 0 Å². The van der Waals surface area contributed by atoms with E-state index in [4.69, 9.17) is 15.0 Å². The first-order valence-corrected chi connectivity index (χ1v) is 28.1. The summed E-state index contributed by atoms with van der Waals surface area (Å²) >= 11 is -3.60. The maximum Gasteiger partial charge on any atom is -0.0514 e. The molecule has 0 amide bonds. The SMILES string of the molecule is Cc1cc(C)cc(-c2ccc3c4ccccc4n(-c4ccc(-c5ccc[c]([Ge]([c]6ccccc6)([c]6ccccc6)[c]6ccccc6)c5)cc4-c4nc(-c5ccccc5)nc(-c5ccccc5)n4)c3c2)c1. The van der Waals surface area contributed by atoms with Crippen molar-refractivity contribution < 1.29 is 0 Å². The molecule has 0 aliphatic rings. The van der Waals surface area contributed by atoms with Crippen LogP contribution in [0.4, 0.5) is 0 Å². The van der Waals surface area contributed by atoms with E-state index in [-0.39, 0.29) is 0 Å². The molecule has 0 bridgehead atoms. The second-order valence-electron chi connectivity index (χ2n) is 18.2. The van der Waals surface area contributed by atoms with Gasteiger partial charge in [0.15, 0.2) is 0 Å². The number of hydrogen-bond acceptors (Lipinski definition) is 3. The van der Waals surface area contributed by atoms with Crippen LogP contribution in [0, 0.1) is 13.8 Å². The first-order chi connectivity index (χ1) is 34.5. The van der Waals surface area contributed by atoms with Crippen LogP contribution in [0.5, 0.6) is 0 Å². The molecule has 0 saturated carbocycles. The number of benzene rings is 10. The molecule has 0 N–H and O–H groups in total. The van der Waals surface area contributed by atoms with Gasteiger partial charge in [0.1, 0.15) is 0 Å². The summed E-state index contributed by atoms with van der Waals surface area (Å²) in [7, 11) is 0. The maximum absolute atomic E-state index is 5.40. The summed E-state index contributed by atoms with van der Waals surface area (Å²) in [6.45, 7) is 4.34. The maximum atomic E-state index is 5.40. The Hall–Kier alpha value is -8.45. The average Bonchev–Trinajstić information content (AvgIpc) is 3.75. The third kappa shape index (κ3) is 7.73. The van der Waals surface area contributed by atoms with Crippen molar-refractivity contribution in [3.05, 3.63) is 266 Å². The van der Waals surface area contributed by atoms with Crippen LogP contribution in [0.1, 0.15) is 11.1 Å². The van der Waals surface area contributed by atoms with Crippen molar-refractivity contribution in [2.75, 3.05) is 0 Å². The normalized spacial score (nSPS) is 11.6. The monoisotopic (exact) mass is 958 g/mol. The fourth-order valence-electron chi connectivity index (χ4n) is 10.6. The minimum absolute atomic E-state index is 0.599. The van der Waals surface area contributed by atoms with Crippen molar-refractivity contribution in [1.82, 2.24) is 19.5 Å². The molecular formula is C65H48GeN4. The summed E-state index contributed by atoms with van der Waals surface area (Å²) in [5, 5.41) is 2.37. The Bertz CT molecular complexity index is 3660. The van der Waals surface area contributed by atoms with E-state index >= 15 is 0 Å². The van der Waals surface area contributed by atoms with Crippen LogP contribution in [0.25, 0.3) is 83.9 Å². The molecule has 0 atom stereocenters. The van der Waals surface area contributed by atoms with Gasteiger partial charge in [0.25, 0.3) is 0 Å². The zero-order valence-electron chi connectivity index (χ0n) is 39.0. The van der Waals surface area contributed by atoms with E-state index in [1.165, 1.54) is 50.6 Å². The second-order valence-corrected chi connectivity index (χ2v) is 26.2. The minimum atomic E-state index is -3.60. The quantitative estimate of drug-likeness (QED) is 0.128. The molecule has 12 aromatic rings. The van der Waals surface area contributed by atoms with E-state index in [1.54, 1.807) is 0 Å². The topological polar surface area (TPSA) is 43.6 Å². The Kier molecular flexibility index (Phi) is 11.2. The molecule has 0 saturated heterocycles. The number of aromatic nitrogens is 4. The number of nitrogens with zero attached hydrogens (tertiary/aromatic N) is 4. The third-order valence-corrected chi connectivity index (χ3v) is 23.7. The smallest absolute Gasteiger partial charge is 0.0514 e. The number of aryl methyl sites for hydroxylation is 2. The van der Waals surface area contributed by atoms with Gasteiger partial charge in [-0.3, -0.25) is 0 Å². The summed E-state index contributed by atoms with van der Waals surface area (Å²) in [5.41, 5.74) is 13.0. The molecule has 0 aliphatic carbocycles. The Morgan fingerprint density at radius 2 is 0.743 bits per heavy atom. The molecule has 70 heavy (non-hydrogen) atoms. The van der Waals surface area contributed by atoms with Crippen LogP contribution in [0.15, 0.2) is 255 Å². The first-order valence-electron chi connectivity index (χ1n) is 23.9. The predicted molar refractivity (Wildman–Crippen MR) is 294 cm³/mol. The van der Waals surface area contributed by atoms with Crippen molar-refractivity contribution in [2.45, 2.75) is 13.8 Å². The van der Waals surface area contributed by atoms with Gasteiger partial charge in [0.05, 0.1) is 0 Å². The fraction of sp³-hybridized carbons (Fsp3) is 0.0308. The van der Waals surface area contributed by atoms with Crippen LogP contribution in [0.3, 0.4) is 0 Å². The van der Waals surface area contributed by atoms with Crippen LogP contribution in [0.2, 0.25) is 0 Å². The summed E-state index contributed by atoms with van der Waals surface area (Å²) in [6.07, 6.45) is 0. The van der Waals surface area contributed by atoms with E-state index in [0.717, 1.165) is 44.5 Å². The fourth-order valence-corrected chi connectivity index (χ4v) is 20.6. The summed E-state index contributed by atoms with van der Waals surface area (Å²) < 4.78 is 7.91.